The summed E-state index contributed by atoms with van der Waals surface area (Å²) in [5.41, 5.74) is 2.06. The summed E-state index contributed by atoms with van der Waals surface area (Å²) >= 11 is 0. The molecule has 1 aromatic rings. The number of carbonyl (C=O) groups is 2. The molecular formula is C18H25N3O4. The molecule has 3 rings (SSSR count). The number of hydrogen-bond acceptors (Lipinski definition) is 5. The van der Waals surface area contributed by atoms with Crippen LogP contribution in [0.5, 0.6) is 0 Å². The number of aromatic carboxylic acids is 1. The molecule has 0 amide bonds. The number of hydrogen-bond donors (Lipinski definition) is 1. The molecule has 25 heavy (non-hydrogen) atoms. The van der Waals surface area contributed by atoms with Gasteiger partial charge in [-0.25, -0.2) is 4.79 Å². The predicted molar refractivity (Wildman–Crippen MR) is 91.5 cm³/mol. The fourth-order valence-corrected chi connectivity index (χ4v) is 4.09. The molecule has 7 heteroatoms. The van der Waals surface area contributed by atoms with E-state index in [1.807, 2.05) is 0 Å². The highest BCUT2D eigenvalue weighted by molar-refractivity contribution is 5.87. The molecule has 1 atom stereocenters. The number of rotatable bonds is 5. The minimum atomic E-state index is -0.968. The number of piperidine rings is 1. The van der Waals surface area contributed by atoms with Crippen molar-refractivity contribution in [3.63, 3.8) is 0 Å². The zero-order chi connectivity index (χ0) is 18.0. The largest absolute Gasteiger partial charge is 0.476 e. The first-order valence-corrected chi connectivity index (χ1v) is 8.79. The number of ether oxygens (including phenoxy) is 1. The second-order valence-electron chi connectivity index (χ2n) is 6.78. The average molecular weight is 347 g/mol. The van der Waals surface area contributed by atoms with Gasteiger partial charge < -0.3 is 9.84 Å². The number of methoxy groups -OCH3 is 1. The maximum absolute atomic E-state index is 11.7. The van der Waals surface area contributed by atoms with Gasteiger partial charge in [-0.05, 0) is 45.2 Å². The summed E-state index contributed by atoms with van der Waals surface area (Å²) < 4.78 is 6.61. The van der Waals surface area contributed by atoms with Crippen LogP contribution in [0.3, 0.4) is 0 Å². The molecule has 136 valence electrons. The van der Waals surface area contributed by atoms with Gasteiger partial charge in [-0.15, -0.1) is 6.58 Å². The van der Waals surface area contributed by atoms with Crippen molar-refractivity contribution in [2.45, 2.75) is 44.7 Å². The molecular weight excluding hydrogens is 322 g/mol. The minimum absolute atomic E-state index is 0.00896. The number of carbonyl (C=O) groups excluding carboxylic acids is 1. The summed E-state index contributed by atoms with van der Waals surface area (Å²) in [6.45, 7) is 5.95. The zero-order valence-electron chi connectivity index (χ0n) is 14.6. The van der Waals surface area contributed by atoms with Crippen LogP contribution in [-0.4, -0.2) is 58.0 Å². The topological polar surface area (TPSA) is 84.7 Å². The molecule has 0 radical (unpaired) electrons. The van der Waals surface area contributed by atoms with Crippen LogP contribution in [0.4, 0.5) is 0 Å². The molecule has 1 unspecified atom stereocenters. The monoisotopic (exact) mass is 347 g/mol. The van der Waals surface area contributed by atoms with Crippen molar-refractivity contribution in [2.75, 3.05) is 20.2 Å². The Hall–Kier alpha value is -2.15. The second-order valence-corrected chi connectivity index (χ2v) is 6.78. The number of aromatic nitrogens is 2. The van der Waals surface area contributed by atoms with Gasteiger partial charge in [0.2, 0.25) is 0 Å². The molecule has 0 aromatic carbocycles. The number of allylic oxidation sites excluding steroid dienone is 1. The van der Waals surface area contributed by atoms with Gasteiger partial charge in [-0.2, -0.15) is 5.10 Å². The molecule has 1 fully saturated rings. The van der Waals surface area contributed by atoms with E-state index in [9.17, 15) is 14.7 Å². The Labute approximate surface area is 147 Å². The smallest absolute Gasteiger partial charge is 0.356 e. The van der Waals surface area contributed by atoms with Crippen LogP contribution < -0.4 is 0 Å². The number of carboxylic acids is 1. The molecule has 1 aromatic heterocycles. The summed E-state index contributed by atoms with van der Waals surface area (Å²) in [4.78, 5) is 25.6. The van der Waals surface area contributed by atoms with E-state index in [2.05, 4.69) is 16.6 Å². The molecule has 1 saturated heterocycles. The summed E-state index contributed by atoms with van der Waals surface area (Å²) in [6, 6.07) is 0.311. The molecule has 0 spiro atoms. The Kier molecular flexibility index (Phi) is 5.22. The highest BCUT2D eigenvalue weighted by Gasteiger charge is 2.34. The molecule has 0 bridgehead atoms. The lowest BCUT2D eigenvalue weighted by Gasteiger charge is -2.38. The molecule has 7 nitrogen and oxygen atoms in total. The van der Waals surface area contributed by atoms with Crippen molar-refractivity contribution >= 4 is 11.9 Å². The van der Waals surface area contributed by atoms with Crippen LogP contribution in [0.1, 0.15) is 41.0 Å². The molecule has 1 aliphatic carbocycles. The van der Waals surface area contributed by atoms with Gasteiger partial charge in [0.15, 0.2) is 5.69 Å². The fourth-order valence-electron chi connectivity index (χ4n) is 4.09. The maximum Gasteiger partial charge on any atom is 0.356 e. The molecule has 2 heterocycles. The molecule has 1 N–H and O–H groups in total. The standard InChI is InChI=1S/C18H25N3O4/c1-3-8-21-15-5-4-13(11-14(15)16(19-21)17(22)23)20-9-6-12(7-10-20)18(24)25-2/h3,12-13H,1,4-11H2,2H3,(H,22,23). The Morgan fingerprint density at radius 2 is 2.08 bits per heavy atom. The second kappa shape index (κ2) is 7.39. The first kappa shape index (κ1) is 17.7. The van der Waals surface area contributed by atoms with E-state index in [1.54, 1.807) is 10.8 Å². The number of nitrogens with zero attached hydrogens (tertiary/aromatic N) is 3. The molecule has 1 aliphatic heterocycles. The van der Waals surface area contributed by atoms with Crippen LogP contribution in [-0.2, 0) is 28.9 Å². The SMILES string of the molecule is C=CCn1nc(C(=O)O)c2c1CCC(N1CCC(C(=O)OC)CC1)C2. The Balaban J connectivity index is 1.72. The maximum atomic E-state index is 11.7. The van der Waals surface area contributed by atoms with Crippen molar-refractivity contribution in [2.24, 2.45) is 5.92 Å². The molecule has 2 aliphatic rings. The number of likely N-dealkylation sites (tertiary alicyclic amines) is 1. The average Bonchev–Trinajstić information content (AvgIpc) is 3.00. The van der Waals surface area contributed by atoms with E-state index in [0.717, 1.165) is 50.0 Å². The van der Waals surface area contributed by atoms with Crippen LogP contribution in [0.2, 0.25) is 0 Å². The minimum Gasteiger partial charge on any atom is -0.476 e. The highest BCUT2D eigenvalue weighted by atomic mass is 16.5. The van der Waals surface area contributed by atoms with Crippen LogP contribution >= 0.6 is 0 Å². The Morgan fingerprint density at radius 1 is 1.36 bits per heavy atom. The predicted octanol–water partition coefficient (Wildman–Crippen LogP) is 1.51. The van der Waals surface area contributed by atoms with Gasteiger partial charge >= 0.3 is 11.9 Å². The van der Waals surface area contributed by atoms with Gasteiger partial charge in [0.25, 0.3) is 0 Å². The van der Waals surface area contributed by atoms with E-state index in [-0.39, 0.29) is 17.6 Å². The van der Waals surface area contributed by atoms with Gasteiger partial charge in [0.1, 0.15) is 0 Å². The van der Waals surface area contributed by atoms with Crippen molar-refractivity contribution in [1.29, 1.82) is 0 Å². The van der Waals surface area contributed by atoms with Crippen molar-refractivity contribution in [3.8, 4) is 0 Å². The third kappa shape index (κ3) is 3.46. The van der Waals surface area contributed by atoms with Crippen molar-refractivity contribution in [1.82, 2.24) is 14.7 Å². The van der Waals surface area contributed by atoms with Gasteiger partial charge in [-0.1, -0.05) is 6.08 Å². The lowest BCUT2D eigenvalue weighted by molar-refractivity contribution is -0.147. The Morgan fingerprint density at radius 3 is 2.68 bits per heavy atom. The van der Waals surface area contributed by atoms with E-state index >= 15 is 0 Å². The summed E-state index contributed by atoms with van der Waals surface area (Å²) in [7, 11) is 1.44. The molecule has 0 saturated carbocycles. The fraction of sp³-hybridized carbons (Fsp3) is 0.611. The van der Waals surface area contributed by atoms with Gasteiger partial charge in [-0.3, -0.25) is 14.4 Å². The lowest BCUT2D eigenvalue weighted by atomic mass is 9.88. The highest BCUT2D eigenvalue weighted by Crippen LogP contribution is 2.30. The number of carboxylic acid groups (broad SMARTS) is 1. The van der Waals surface area contributed by atoms with E-state index in [1.165, 1.54) is 7.11 Å². The Bertz CT molecular complexity index is 674. The van der Waals surface area contributed by atoms with Gasteiger partial charge in [0.05, 0.1) is 19.6 Å². The van der Waals surface area contributed by atoms with Crippen molar-refractivity contribution < 1.29 is 19.4 Å². The zero-order valence-corrected chi connectivity index (χ0v) is 14.6. The quantitative estimate of drug-likeness (QED) is 0.642. The van der Waals surface area contributed by atoms with Crippen LogP contribution in [0, 0.1) is 5.92 Å². The van der Waals surface area contributed by atoms with E-state index in [4.69, 9.17) is 4.74 Å². The summed E-state index contributed by atoms with van der Waals surface area (Å²) in [5.74, 6) is -1.10. The third-order valence-corrected chi connectivity index (χ3v) is 5.41. The van der Waals surface area contributed by atoms with Gasteiger partial charge in [0, 0.05) is 17.3 Å². The number of esters is 1. The van der Waals surface area contributed by atoms with Crippen LogP contribution in [0.25, 0.3) is 0 Å². The first-order chi connectivity index (χ1) is 12.0. The van der Waals surface area contributed by atoms with E-state index < -0.39 is 5.97 Å². The van der Waals surface area contributed by atoms with Crippen LogP contribution in [0.15, 0.2) is 12.7 Å². The summed E-state index contributed by atoms with van der Waals surface area (Å²) in [6.07, 6.45) is 5.86. The van der Waals surface area contributed by atoms with Crippen molar-refractivity contribution in [3.05, 3.63) is 29.6 Å². The third-order valence-electron chi connectivity index (χ3n) is 5.41. The summed E-state index contributed by atoms with van der Waals surface area (Å²) in [5, 5.41) is 13.7. The first-order valence-electron chi connectivity index (χ1n) is 8.79. The lowest BCUT2D eigenvalue weighted by Crippen LogP contribution is -2.45. The number of fused-ring (bicyclic) bond motifs is 1. The van der Waals surface area contributed by atoms with E-state index in [0.29, 0.717) is 19.0 Å². The normalized spacial score (nSPS) is 21.6.